The van der Waals surface area contributed by atoms with E-state index in [1.165, 1.54) is 0 Å². The maximum Gasteiger partial charge on any atom is 0.123 e. The zero-order valence-corrected chi connectivity index (χ0v) is 11.5. The summed E-state index contributed by atoms with van der Waals surface area (Å²) in [5.74, 6) is 7.43. The summed E-state index contributed by atoms with van der Waals surface area (Å²) >= 11 is 1.62. The van der Waals surface area contributed by atoms with E-state index in [1.807, 2.05) is 36.4 Å². The van der Waals surface area contributed by atoms with Gasteiger partial charge in [0.1, 0.15) is 18.1 Å². The van der Waals surface area contributed by atoms with Crippen LogP contribution in [-0.4, -0.2) is 13.7 Å². The molecule has 0 aliphatic carbocycles. The summed E-state index contributed by atoms with van der Waals surface area (Å²) in [6, 6.07) is 11.6. The number of thiophene rings is 1. The zero-order chi connectivity index (χ0) is 13.5. The maximum absolute atomic E-state index is 5.71. The second-order valence-electron chi connectivity index (χ2n) is 3.74. The van der Waals surface area contributed by atoms with Gasteiger partial charge in [0.15, 0.2) is 0 Å². The van der Waals surface area contributed by atoms with E-state index < -0.39 is 0 Å². The van der Waals surface area contributed by atoms with Crippen molar-refractivity contribution in [2.24, 2.45) is 5.73 Å². The first-order chi connectivity index (χ1) is 9.31. The summed E-state index contributed by atoms with van der Waals surface area (Å²) in [7, 11) is 1.64. The predicted molar refractivity (Wildman–Crippen MR) is 77.6 cm³/mol. The van der Waals surface area contributed by atoms with Gasteiger partial charge in [-0.2, -0.15) is 0 Å². The number of methoxy groups -OCH3 is 1. The lowest BCUT2D eigenvalue weighted by molar-refractivity contribution is 0.307. The van der Waals surface area contributed by atoms with Crippen molar-refractivity contribution < 1.29 is 9.47 Å². The molecule has 0 saturated carbocycles. The summed E-state index contributed by atoms with van der Waals surface area (Å²) in [5.41, 5.74) is 5.34. The molecule has 1 heterocycles. The minimum Gasteiger partial charge on any atom is -0.497 e. The third kappa shape index (κ3) is 4.02. The Labute approximate surface area is 117 Å². The van der Waals surface area contributed by atoms with E-state index in [2.05, 4.69) is 11.8 Å². The molecule has 98 valence electrons. The van der Waals surface area contributed by atoms with E-state index >= 15 is 0 Å². The highest BCUT2D eigenvalue weighted by atomic mass is 32.1. The van der Waals surface area contributed by atoms with Crippen LogP contribution in [0.1, 0.15) is 9.75 Å². The van der Waals surface area contributed by atoms with Gasteiger partial charge in [0.25, 0.3) is 0 Å². The van der Waals surface area contributed by atoms with Crippen molar-refractivity contribution >= 4 is 11.3 Å². The number of ether oxygens (including phenoxy) is 2. The lowest BCUT2D eigenvalue weighted by atomic mass is 10.3. The lowest BCUT2D eigenvalue weighted by Gasteiger charge is -2.06. The Balaban J connectivity index is 1.96. The monoisotopic (exact) mass is 273 g/mol. The number of nitrogens with two attached hydrogens (primary N) is 1. The van der Waals surface area contributed by atoms with Gasteiger partial charge in [0, 0.05) is 10.9 Å². The third-order valence-corrected chi connectivity index (χ3v) is 3.37. The first-order valence-electron chi connectivity index (χ1n) is 5.86. The lowest BCUT2D eigenvalue weighted by Crippen LogP contribution is -1.93. The van der Waals surface area contributed by atoms with E-state index in [0.29, 0.717) is 13.2 Å². The maximum atomic E-state index is 5.71. The molecule has 2 aromatic rings. The normalized spacial score (nSPS) is 9.58. The molecule has 0 bridgehead atoms. The molecule has 2 N–H and O–H groups in total. The Morgan fingerprint density at radius 2 is 2.05 bits per heavy atom. The van der Waals surface area contributed by atoms with Crippen LogP contribution in [0, 0.1) is 11.8 Å². The summed E-state index contributed by atoms with van der Waals surface area (Å²) in [5, 5.41) is 0. The van der Waals surface area contributed by atoms with Crippen LogP contribution in [0.2, 0.25) is 0 Å². The minimum absolute atomic E-state index is 0.382. The largest absolute Gasteiger partial charge is 0.497 e. The molecule has 0 fully saturated rings. The molecule has 4 heteroatoms. The molecule has 0 amide bonds. The molecule has 0 aliphatic heterocycles. The summed E-state index contributed by atoms with van der Waals surface area (Å²) in [4.78, 5) is 2.14. The SMILES string of the molecule is COc1cccc(OCc2ccc(C#CCN)s2)c1. The third-order valence-electron chi connectivity index (χ3n) is 2.40. The fourth-order valence-corrected chi connectivity index (χ4v) is 2.30. The van der Waals surface area contributed by atoms with Gasteiger partial charge in [-0.3, -0.25) is 0 Å². The topological polar surface area (TPSA) is 44.5 Å². The van der Waals surface area contributed by atoms with Gasteiger partial charge >= 0.3 is 0 Å². The van der Waals surface area contributed by atoms with Crippen LogP contribution in [0.25, 0.3) is 0 Å². The van der Waals surface area contributed by atoms with Gasteiger partial charge in [0.2, 0.25) is 0 Å². The van der Waals surface area contributed by atoms with Crippen molar-refractivity contribution in [1.29, 1.82) is 0 Å². The summed E-state index contributed by atoms with van der Waals surface area (Å²) in [6.07, 6.45) is 0. The highest BCUT2D eigenvalue weighted by Crippen LogP contribution is 2.22. The number of rotatable bonds is 4. The van der Waals surface area contributed by atoms with Gasteiger partial charge in [-0.25, -0.2) is 0 Å². The first kappa shape index (κ1) is 13.5. The molecule has 2 rings (SSSR count). The highest BCUT2D eigenvalue weighted by Gasteiger charge is 2.01. The number of hydrogen-bond acceptors (Lipinski definition) is 4. The second-order valence-corrected chi connectivity index (χ2v) is 4.91. The van der Waals surface area contributed by atoms with Crippen LogP contribution in [0.4, 0.5) is 0 Å². The van der Waals surface area contributed by atoms with E-state index in [0.717, 1.165) is 21.3 Å². The Kier molecular flexibility index (Phi) is 4.85. The van der Waals surface area contributed by atoms with E-state index in [9.17, 15) is 0 Å². The average Bonchev–Trinajstić information content (AvgIpc) is 2.91. The van der Waals surface area contributed by atoms with E-state index in [1.54, 1.807) is 18.4 Å². The molecule has 0 atom stereocenters. The molecule has 0 spiro atoms. The second kappa shape index (κ2) is 6.83. The van der Waals surface area contributed by atoms with Gasteiger partial charge < -0.3 is 15.2 Å². The van der Waals surface area contributed by atoms with Gasteiger partial charge in [0.05, 0.1) is 18.5 Å². The average molecular weight is 273 g/mol. The Morgan fingerprint density at radius 1 is 1.21 bits per heavy atom. The molecule has 0 saturated heterocycles. The molecule has 0 radical (unpaired) electrons. The number of benzene rings is 1. The predicted octanol–water partition coefficient (Wildman–Crippen LogP) is 2.65. The van der Waals surface area contributed by atoms with Crippen molar-refractivity contribution in [3.63, 3.8) is 0 Å². The molecule has 19 heavy (non-hydrogen) atoms. The summed E-state index contributed by atoms with van der Waals surface area (Å²) in [6.45, 7) is 0.912. The van der Waals surface area contributed by atoms with Crippen LogP contribution in [0.15, 0.2) is 36.4 Å². The smallest absolute Gasteiger partial charge is 0.123 e. The van der Waals surface area contributed by atoms with Gasteiger partial charge in [-0.1, -0.05) is 17.9 Å². The Morgan fingerprint density at radius 3 is 2.84 bits per heavy atom. The standard InChI is InChI=1S/C15H15NO2S/c1-17-12-4-2-5-13(10-12)18-11-15-8-7-14(19-15)6-3-9-16/h2,4-5,7-8,10H,9,11,16H2,1H3. The summed E-state index contributed by atoms with van der Waals surface area (Å²) < 4.78 is 10.9. The number of hydrogen-bond donors (Lipinski definition) is 1. The van der Waals surface area contributed by atoms with Crippen molar-refractivity contribution in [3.8, 4) is 23.3 Å². The molecular formula is C15H15NO2S. The van der Waals surface area contributed by atoms with Crippen LogP contribution >= 0.6 is 11.3 Å². The molecular weight excluding hydrogens is 258 g/mol. The Hall–Kier alpha value is -1.96. The molecule has 3 nitrogen and oxygen atoms in total. The van der Waals surface area contributed by atoms with Gasteiger partial charge in [-0.15, -0.1) is 11.3 Å². The van der Waals surface area contributed by atoms with Crippen molar-refractivity contribution in [2.75, 3.05) is 13.7 Å². The quantitative estimate of drug-likeness (QED) is 0.871. The van der Waals surface area contributed by atoms with Crippen LogP contribution in [-0.2, 0) is 6.61 Å². The van der Waals surface area contributed by atoms with Gasteiger partial charge in [-0.05, 0) is 24.3 Å². The van der Waals surface area contributed by atoms with E-state index in [4.69, 9.17) is 15.2 Å². The zero-order valence-electron chi connectivity index (χ0n) is 10.7. The van der Waals surface area contributed by atoms with E-state index in [-0.39, 0.29) is 0 Å². The fourth-order valence-electron chi connectivity index (χ4n) is 1.51. The molecule has 1 aromatic carbocycles. The van der Waals surface area contributed by atoms with Crippen LogP contribution < -0.4 is 15.2 Å². The van der Waals surface area contributed by atoms with Crippen molar-refractivity contribution in [3.05, 3.63) is 46.2 Å². The fraction of sp³-hybridized carbons (Fsp3) is 0.200. The highest BCUT2D eigenvalue weighted by molar-refractivity contribution is 7.12. The van der Waals surface area contributed by atoms with Crippen LogP contribution in [0.3, 0.4) is 0 Å². The Bertz CT molecular complexity index is 595. The minimum atomic E-state index is 0.382. The molecule has 0 unspecified atom stereocenters. The van der Waals surface area contributed by atoms with Crippen LogP contribution in [0.5, 0.6) is 11.5 Å². The van der Waals surface area contributed by atoms with Crippen molar-refractivity contribution in [2.45, 2.75) is 6.61 Å². The molecule has 1 aromatic heterocycles. The first-order valence-corrected chi connectivity index (χ1v) is 6.68. The van der Waals surface area contributed by atoms with Crippen molar-refractivity contribution in [1.82, 2.24) is 0 Å². The molecule has 0 aliphatic rings.